The molecule has 1 fully saturated rings. The zero-order chi connectivity index (χ0) is 31.9. The third kappa shape index (κ3) is 14.8. The standard InChI is InChI=1S/C15H24N2O.C13H21N3.C5H10O.C2H6/c1-6-8-12(3)10-17-11-13(4)16-15(17)14(18-5)9-7-2;1-3-4-12-11(2)15-6-5-13(12)16-9-7-14-8-10-16;1-3-4-5(2)6;1-2/h9-11H,6-8H2,1-5H3;5-6,14H,3-4,7-10H2,1-2H3;3-4H2,1-2H3;1-2H3/b12-10+,14-9-;;;. The van der Waals surface area contributed by atoms with Gasteiger partial charge in [-0.15, -0.1) is 0 Å². The van der Waals surface area contributed by atoms with Gasteiger partial charge >= 0.3 is 0 Å². The van der Waals surface area contributed by atoms with Gasteiger partial charge in [-0.25, -0.2) is 4.98 Å². The number of ketones is 1. The fourth-order valence-electron chi connectivity index (χ4n) is 4.64. The minimum Gasteiger partial charge on any atom is -0.493 e. The van der Waals surface area contributed by atoms with Crippen molar-refractivity contribution in [2.24, 2.45) is 0 Å². The van der Waals surface area contributed by atoms with Crippen LogP contribution >= 0.6 is 0 Å². The first-order valence-corrected chi connectivity index (χ1v) is 16.1. The molecule has 1 saturated heterocycles. The smallest absolute Gasteiger partial charge is 0.179 e. The van der Waals surface area contributed by atoms with Gasteiger partial charge in [0.25, 0.3) is 0 Å². The van der Waals surface area contributed by atoms with Gasteiger partial charge in [-0.2, -0.15) is 0 Å². The highest BCUT2D eigenvalue weighted by atomic mass is 16.5. The number of methoxy groups -OCH3 is 1. The number of hydrogen-bond acceptors (Lipinski definition) is 6. The second-order valence-electron chi connectivity index (χ2n) is 10.4. The van der Waals surface area contributed by atoms with Crippen molar-refractivity contribution < 1.29 is 9.53 Å². The van der Waals surface area contributed by atoms with Crippen molar-refractivity contribution in [2.75, 3.05) is 38.2 Å². The molecule has 1 N–H and O–H groups in total. The molecule has 7 nitrogen and oxygen atoms in total. The summed E-state index contributed by atoms with van der Waals surface area (Å²) in [4.78, 5) is 21.5. The molecule has 0 bridgehead atoms. The Morgan fingerprint density at radius 1 is 1.02 bits per heavy atom. The number of hydrogen-bond donors (Lipinski definition) is 1. The number of anilines is 1. The minimum atomic E-state index is 0.289. The molecule has 0 aliphatic carbocycles. The molecule has 7 heteroatoms. The van der Waals surface area contributed by atoms with Gasteiger partial charge in [0.05, 0.1) is 12.8 Å². The third-order valence-corrected chi connectivity index (χ3v) is 6.49. The van der Waals surface area contributed by atoms with Gasteiger partial charge in [0.2, 0.25) is 0 Å². The SMILES string of the molecule is CC.CC/C=C(\OC)c1nc(C)cn1/C=C(\C)CCC.CCCC(C)=O.CCCc1c(N2CCNCC2)ccnc1C. The maximum atomic E-state index is 10.0. The highest BCUT2D eigenvalue weighted by Gasteiger charge is 2.15. The molecule has 42 heavy (non-hydrogen) atoms. The van der Waals surface area contributed by atoms with Crippen molar-refractivity contribution in [3.8, 4) is 0 Å². The summed E-state index contributed by atoms with van der Waals surface area (Å²) in [6.45, 7) is 24.8. The van der Waals surface area contributed by atoms with Gasteiger partial charge < -0.3 is 24.3 Å². The lowest BCUT2D eigenvalue weighted by Crippen LogP contribution is -2.44. The Hall–Kier alpha value is -2.93. The molecule has 0 aromatic carbocycles. The number of imidazole rings is 1. The Bertz CT molecular complexity index is 1070. The molecule has 2 aromatic heterocycles. The van der Waals surface area contributed by atoms with Crippen LogP contribution in [0.4, 0.5) is 5.69 Å². The van der Waals surface area contributed by atoms with E-state index in [2.05, 4.69) is 77.7 Å². The van der Waals surface area contributed by atoms with Crippen molar-refractivity contribution >= 4 is 23.4 Å². The Balaban J connectivity index is 0.000000643. The van der Waals surface area contributed by atoms with Crippen LogP contribution < -0.4 is 10.2 Å². The van der Waals surface area contributed by atoms with E-state index in [1.807, 2.05) is 40.1 Å². The van der Waals surface area contributed by atoms with Crippen LogP contribution in [-0.2, 0) is 16.0 Å². The predicted octanol–water partition coefficient (Wildman–Crippen LogP) is 8.40. The molecule has 238 valence electrons. The Labute approximate surface area is 257 Å². The number of pyridine rings is 1. The lowest BCUT2D eigenvalue weighted by Gasteiger charge is -2.31. The number of piperazine rings is 1. The highest BCUT2D eigenvalue weighted by molar-refractivity contribution is 5.75. The largest absolute Gasteiger partial charge is 0.493 e. The van der Waals surface area contributed by atoms with E-state index >= 15 is 0 Å². The van der Waals surface area contributed by atoms with Crippen LogP contribution in [0.15, 0.2) is 30.1 Å². The van der Waals surface area contributed by atoms with E-state index in [0.717, 1.165) is 82.0 Å². The van der Waals surface area contributed by atoms with Crippen molar-refractivity contribution in [2.45, 2.75) is 114 Å². The van der Waals surface area contributed by atoms with Gasteiger partial charge in [-0.1, -0.05) is 60.0 Å². The van der Waals surface area contributed by atoms with E-state index in [4.69, 9.17) is 4.74 Å². The molecule has 3 rings (SSSR count). The quantitative estimate of drug-likeness (QED) is 0.268. The van der Waals surface area contributed by atoms with Crippen LogP contribution in [0, 0.1) is 13.8 Å². The van der Waals surface area contributed by atoms with Crippen LogP contribution in [-0.4, -0.2) is 53.6 Å². The lowest BCUT2D eigenvalue weighted by atomic mass is 10.1. The van der Waals surface area contributed by atoms with E-state index in [-0.39, 0.29) is 5.78 Å². The van der Waals surface area contributed by atoms with E-state index in [1.54, 1.807) is 14.0 Å². The summed E-state index contributed by atoms with van der Waals surface area (Å²) in [5.74, 6) is 2.01. The molecule has 0 radical (unpaired) electrons. The first kappa shape index (κ1) is 39.1. The van der Waals surface area contributed by atoms with Crippen molar-refractivity contribution in [1.29, 1.82) is 0 Å². The number of carbonyl (C=O) groups excluding carboxylic acids is 1. The number of rotatable bonds is 11. The molecule has 0 amide bonds. The maximum Gasteiger partial charge on any atom is 0.179 e. The zero-order valence-corrected chi connectivity index (χ0v) is 28.8. The van der Waals surface area contributed by atoms with E-state index in [1.165, 1.54) is 28.9 Å². The summed E-state index contributed by atoms with van der Waals surface area (Å²) in [5.41, 5.74) is 6.38. The fraction of sp³-hybridized carbons (Fsp3) is 0.629. The van der Waals surface area contributed by atoms with Gasteiger partial charge in [0.15, 0.2) is 11.6 Å². The molecular formula is C35H61N5O2. The van der Waals surface area contributed by atoms with Crippen molar-refractivity contribution in [1.82, 2.24) is 19.9 Å². The van der Waals surface area contributed by atoms with Crippen LogP contribution in [0.1, 0.15) is 117 Å². The summed E-state index contributed by atoms with van der Waals surface area (Å²) >= 11 is 0. The summed E-state index contributed by atoms with van der Waals surface area (Å²) in [7, 11) is 1.69. The van der Waals surface area contributed by atoms with Gasteiger partial charge in [-0.3, -0.25) is 4.98 Å². The number of nitrogens with zero attached hydrogens (tertiary/aromatic N) is 4. The lowest BCUT2D eigenvalue weighted by molar-refractivity contribution is -0.117. The molecule has 1 aliphatic heterocycles. The molecule has 1 aliphatic rings. The van der Waals surface area contributed by atoms with Crippen LogP contribution in [0.2, 0.25) is 0 Å². The summed E-state index contributed by atoms with van der Waals surface area (Å²) in [5, 5.41) is 3.39. The first-order chi connectivity index (χ1) is 20.2. The van der Waals surface area contributed by atoms with Crippen molar-refractivity contribution in [3.05, 3.63) is 52.9 Å². The van der Waals surface area contributed by atoms with E-state index < -0.39 is 0 Å². The average molecular weight is 584 g/mol. The topological polar surface area (TPSA) is 72.3 Å². The molecular weight excluding hydrogens is 522 g/mol. The number of ether oxygens (including phenoxy) is 1. The summed E-state index contributed by atoms with van der Waals surface area (Å²) in [6, 6.07) is 2.17. The van der Waals surface area contributed by atoms with Crippen LogP contribution in [0.5, 0.6) is 0 Å². The second-order valence-corrected chi connectivity index (χ2v) is 10.4. The molecule has 0 atom stereocenters. The first-order valence-electron chi connectivity index (χ1n) is 16.1. The van der Waals surface area contributed by atoms with Crippen LogP contribution in [0.25, 0.3) is 12.0 Å². The van der Waals surface area contributed by atoms with Gasteiger partial charge in [0, 0.05) is 62.6 Å². The number of carbonyl (C=O) groups is 1. The van der Waals surface area contributed by atoms with E-state index in [9.17, 15) is 4.79 Å². The summed E-state index contributed by atoms with van der Waals surface area (Å²) < 4.78 is 7.48. The number of aromatic nitrogens is 3. The minimum absolute atomic E-state index is 0.289. The van der Waals surface area contributed by atoms with Gasteiger partial charge in [-0.05, 0) is 71.1 Å². The number of aryl methyl sites for hydroxylation is 2. The highest BCUT2D eigenvalue weighted by Crippen LogP contribution is 2.24. The normalized spacial score (nSPS) is 13.2. The number of Topliss-reactive ketones (excluding diaryl/α,β-unsaturated/α-hetero) is 1. The fourth-order valence-corrected chi connectivity index (χ4v) is 4.64. The van der Waals surface area contributed by atoms with Gasteiger partial charge in [0.1, 0.15) is 5.78 Å². The Morgan fingerprint density at radius 2 is 1.67 bits per heavy atom. The van der Waals surface area contributed by atoms with Crippen LogP contribution in [0.3, 0.4) is 0 Å². The monoisotopic (exact) mass is 583 g/mol. The maximum absolute atomic E-state index is 10.0. The zero-order valence-electron chi connectivity index (χ0n) is 28.8. The Kier molecular flexibility index (Phi) is 22.0. The molecule has 3 heterocycles. The molecule has 0 spiro atoms. The molecule has 0 unspecified atom stereocenters. The Morgan fingerprint density at radius 3 is 2.17 bits per heavy atom. The molecule has 2 aromatic rings. The second kappa shape index (κ2) is 23.6. The number of nitrogens with one attached hydrogen (secondary N) is 1. The van der Waals surface area contributed by atoms with E-state index in [0.29, 0.717) is 0 Å². The van der Waals surface area contributed by atoms with Crippen molar-refractivity contribution in [3.63, 3.8) is 0 Å². The summed E-state index contributed by atoms with van der Waals surface area (Å²) in [6.07, 6.45) is 15.4. The predicted molar refractivity (Wildman–Crippen MR) is 182 cm³/mol. The third-order valence-electron chi connectivity index (χ3n) is 6.49. The molecule has 0 saturated carbocycles. The average Bonchev–Trinajstić information content (AvgIpc) is 3.34. The number of allylic oxidation sites excluding steroid dienone is 2.